The lowest BCUT2D eigenvalue weighted by Crippen LogP contribution is -2.33. The van der Waals surface area contributed by atoms with Crippen LogP contribution in [0.5, 0.6) is 0 Å². The highest BCUT2D eigenvalue weighted by Gasteiger charge is 2.12. The van der Waals surface area contributed by atoms with E-state index in [0.29, 0.717) is 17.2 Å². The number of rotatable bonds is 6. The summed E-state index contributed by atoms with van der Waals surface area (Å²) in [5, 5.41) is 12.5. The van der Waals surface area contributed by atoms with Gasteiger partial charge in [0.25, 0.3) is 0 Å². The van der Waals surface area contributed by atoms with Gasteiger partial charge in [0.2, 0.25) is 0 Å². The van der Waals surface area contributed by atoms with E-state index in [1.807, 2.05) is 18.8 Å². The van der Waals surface area contributed by atoms with Crippen molar-refractivity contribution in [3.63, 3.8) is 0 Å². The first-order valence-electron chi connectivity index (χ1n) is 4.51. The molecule has 0 rings (SSSR count). The number of hydrogen-bond acceptors (Lipinski definition) is 3. The fraction of sp³-hybridized carbons (Fsp3) is 1.00. The van der Waals surface area contributed by atoms with Gasteiger partial charge in [-0.3, -0.25) is 0 Å². The molecule has 0 spiro atoms. The number of aliphatic hydroxyl groups excluding tert-OH is 1. The van der Waals surface area contributed by atoms with Crippen LogP contribution in [0.25, 0.3) is 0 Å². The van der Waals surface area contributed by atoms with E-state index < -0.39 is 0 Å². The molecule has 0 aromatic heterocycles. The summed E-state index contributed by atoms with van der Waals surface area (Å²) in [6.45, 7) is 6.76. The summed E-state index contributed by atoms with van der Waals surface area (Å²) in [5.74, 6) is 1.74. The molecule has 0 heterocycles. The first-order valence-corrected chi connectivity index (χ1v) is 5.56. The zero-order valence-electron chi connectivity index (χ0n) is 8.50. The maximum absolute atomic E-state index is 8.82. The fourth-order valence-electron chi connectivity index (χ4n) is 0.930. The number of thioether (sulfide) groups is 1. The summed E-state index contributed by atoms with van der Waals surface area (Å²) < 4.78 is 0. The molecular weight excluding hydrogens is 170 g/mol. The van der Waals surface area contributed by atoms with Crippen molar-refractivity contribution in [2.45, 2.75) is 32.1 Å². The van der Waals surface area contributed by atoms with Crippen LogP contribution >= 0.6 is 11.8 Å². The van der Waals surface area contributed by atoms with Crippen molar-refractivity contribution in [2.24, 2.45) is 5.92 Å². The van der Waals surface area contributed by atoms with Gasteiger partial charge in [-0.1, -0.05) is 20.8 Å². The molecule has 0 fully saturated rings. The SMILES string of the molecule is CNC(CSC(C)CO)C(C)C. The minimum absolute atomic E-state index is 0.277. The topological polar surface area (TPSA) is 32.3 Å². The molecule has 0 bridgehead atoms. The van der Waals surface area contributed by atoms with Gasteiger partial charge in [0.05, 0.1) is 6.61 Å². The zero-order valence-corrected chi connectivity index (χ0v) is 9.32. The molecule has 0 aliphatic rings. The van der Waals surface area contributed by atoms with Crippen molar-refractivity contribution in [1.82, 2.24) is 5.32 Å². The number of aliphatic hydroxyl groups is 1. The van der Waals surface area contributed by atoms with Gasteiger partial charge in [0, 0.05) is 17.0 Å². The summed E-state index contributed by atoms with van der Waals surface area (Å²) in [6, 6.07) is 0.559. The molecule has 12 heavy (non-hydrogen) atoms. The van der Waals surface area contributed by atoms with E-state index in [2.05, 4.69) is 26.1 Å². The van der Waals surface area contributed by atoms with Gasteiger partial charge < -0.3 is 10.4 Å². The maximum Gasteiger partial charge on any atom is 0.0547 e. The molecule has 2 unspecified atom stereocenters. The van der Waals surface area contributed by atoms with Gasteiger partial charge >= 0.3 is 0 Å². The molecule has 0 saturated heterocycles. The second-order valence-corrected chi connectivity index (χ2v) is 4.94. The quantitative estimate of drug-likeness (QED) is 0.664. The van der Waals surface area contributed by atoms with E-state index in [4.69, 9.17) is 5.11 Å². The first kappa shape index (κ1) is 12.3. The Kier molecular flexibility index (Phi) is 6.90. The Morgan fingerprint density at radius 2 is 1.92 bits per heavy atom. The largest absolute Gasteiger partial charge is 0.395 e. The molecule has 0 aliphatic carbocycles. The normalized spacial score (nSPS) is 16.5. The average Bonchev–Trinajstić information content (AvgIpc) is 2.04. The minimum atomic E-state index is 0.277. The lowest BCUT2D eigenvalue weighted by atomic mass is 10.1. The predicted molar refractivity (Wildman–Crippen MR) is 56.7 cm³/mol. The third-order valence-electron chi connectivity index (χ3n) is 1.99. The van der Waals surface area contributed by atoms with Crippen LogP contribution in [0.3, 0.4) is 0 Å². The van der Waals surface area contributed by atoms with E-state index in [1.165, 1.54) is 0 Å². The molecule has 0 saturated carbocycles. The molecule has 0 radical (unpaired) electrons. The molecule has 74 valence electrons. The van der Waals surface area contributed by atoms with Gasteiger partial charge in [-0.2, -0.15) is 11.8 Å². The van der Waals surface area contributed by atoms with Crippen LogP contribution in [0.1, 0.15) is 20.8 Å². The van der Waals surface area contributed by atoms with Crippen molar-refractivity contribution in [1.29, 1.82) is 0 Å². The second kappa shape index (κ2) is 6.75. The van der Waals surface area contributed by atoms with Crippen molar-refractivity contribution in [2.75, 3.05) is 19.4 Å². The summed E-state index contributed by atoms with van der Waals surface area (Å²) in [4.78, 5) is 0. The molecule has 0 aliphatic heterocycles. The Labute approximate surface area is 80.1 Å². The third kappa shape index (κ3) is 5.01. The summed E-state index contributed by atoms with van der Waals surface area (Å²) in [7, 11) is 1.99. The van der Waals surface area contributed by atoms with Gasteiger partial charge in [-0.15, -0.1) is 0 Å². The second-order valence-electron chi connectivity index (χ2n) is 3.47. The highest BCUT2D eigenvalue weighted by Crippen LogP contribution is 2.14. The van der Waals surface area contributed by atoms with Crippen molar-refractivity contribution in [3.05, 3.63) is 0 Å². The lowest BCUT2D eigenvalue weighted by molar-refractivity contribution is 0.299. The molecule has 2 N–H and O–H groups in total. The third-order valence-corrected chi connectivity index (χ3v) is 3.26. The van der Waals surface area contributed by atoms with E-state index in [9.17, 15) is 0 Å². The van der Waals surface area contributed by atoms with Crippen LogP contribution in [0.2, 0.25) is 0 Å². The highest BCUT2D eigenvalue weighted by atomic mass is 32.2. The molecule has 3 heteroatoms. The van der Waals surface area contributed by atoms with Crippen molar-refractivity contribution in [3.8, 4) is 0 Å². The van der Waals surface area contributed by atoms with Gasteiger partial charge in [0.15, 0.2) is 0 Å². The van der Waals surface area contributed by atoms with Crippen LogP contribution < -0.4 is 5.32 Å². The molecular formula is C9H21NOS. The van der Waals surface area contributed by atoms with E-state index >= 15 is 0 Å². The van der Waals surface area contributed by atoms with Gasteiger partial charge in [-0.05, 0) is 13.0 Å². The Hall–Kier alpha value is 0.270. The van der Waals surface area contributed by atoms with E-state index in [0.717, 1.165) is 5.75 Å². The molecule has 0 amide bonds. The van der Waals surface area contributed by atoms with E-state index in [-0.39, 0.29) is 6.61 Å². The van der Waals surface area contributed by atoms with Crippen LogP contribution in [-0.4, -0.2) is 35.8 Å². The summed E-state index contributed by atoms with van der Waals surface area (Å²) >= 11 is 1.82. The van der Waals surface area contributed by atoms with Crippen LogP contribution in [-0.2, 0) is 0 Å². The number of hydrogen-bond donors (Lipinski definition) is 2. The Morgan fingerprint density at radius 3 is 2.25 bits per heavy atom. The lowest BCUT2D eigenvalue weighted by Gasteiger charge is -2.20. The van der Waals surface area contributed by atoms with Crippen molar-refractivity contribution >= 4 is 11.8 Å². The maximum atomic E-state index is 8.82. The van der Waals surface area contributed by atoms with Crippen molar-refractivity contribution < 1.29 is 5.11 Å². The first-order chi connectivity index (χ1) is 5.61. The number of nitrogens with one attached hydrogen (secondary N) is 1. The fourth-order valence-corrected chi connectivity index (χ4v) is 2.12. The highest BCUT2D eigenvalue weighted by molar-refractivity contribution is 7.99. The van der Waals surface area contributed by atoms with E-state index in [1.54, 1.807) is 0 Å². The molecule has 2 atom stereocenters. The average molecular weight is 191 g/mol. The summed E-state index contributed by atoms with van der Waals surface area (Å²) in [5.41, 5.74) is 0. The van der Waals surface area contributed by atoms with Crippen LogP contribution in [0.4, 0.5) is 0 Å². The molecule has 2 nitrogen and oxygen atoms in total. The Bertz CT molecular complexity index is 109. The van der Waals surface area contributed by atoms with Gasteiger partial charge in [-0.25, -0.2) is 0 Å². The molecule has 0 aromatic carbocycles. The Morgan fingerprint density at radius 1 is 1.33 bits per heavy atom. The van der Waals surface area contributed by atoms with Crippen LogP contribution in [0, 0.1) is 5.92 Å². The Balaban J connectivity index is 3.58. The zero-order chi connectivity index (χ0) is 9.56. The smallest absolute Gasteiger partial charge is 0.0547 e. The molecule has 0 aromatic rings. The predicted octanol–water partition coefficient (Wildman–Crippen LogP) is 1.34. The van der Waals surface area contributed by atoms with Gasteiger partial charge in [0.1, 0.15) is 0 Å². The standard InChI is InChI=1S/C9H21NOS/c1-7(2)9(10-4)6-12-8(3)5-11/h7-11H,5-6H2,1-4H3. The summed E-state index contributed by atoms with van der Waals surface area (Å²) in [6.07, 6.45) is 0. The minimum Gasteiger partial charge on any atom is -0.395 e. The van der Waals surface area contributed by atoms with Crippen LogP contribution in [0.15, 0.2) is 0 Å². The monoisotopic (exact) mass is 191 g/mol.